The predicted molar refractivity (Wildman–Crippen MR) is 120 cm³/mol. The molecule has 2 aromatic rings. The van der Waals surface area contributed by atoms with E-state index in [2.05, 4.69) is 61.2 Å². The van der Waals surface area contributed by atoms with Crippen LogP contribution >= 0.6 is 0 Å². The van der Waals surface area contributed by atoms with Crippen molar-refractivity contribution in [2.24, 2.45) is 4.99 Å². The van der Waals surface area contributed by atoms with Crippen molar-refractivity contribution < 1.29 is 4.74 Å². The molecule has 0 bridgehead atoms. The summed E-state index contributed by atoms with van der Waals surface area (Å²) in [6, 6.07) is 10.6. The number of nitrogens with zero attached hydrogens (tertiary/aromatic N) is 6. The lowest BCUT2D eigenvalue weighted by molar-refractivity contribution is 0.122. The zero-order valence-corrected chi connectivity index (χ0v) is 17.7. The van der Waals surface area contributed by atoms with Crippen LogP contribution in [0.15, 0.2) is 47.7 Å². The number of benzene rings is 1. The number of piperazine rings is 1. The summed E-state index contributed by atoms with van der Waals surface area (Å²) in [4.78, 5) is 20.5. The van der Waals surface area contributed by atoms with E-state index in [0.717, 1.165) is 70.9 Å². The van der Waals surface area contributed by atoms with Crippen molar-refractivity contribution in [2.45, 2.75) is 13.5 Å². The number of nitrogens with one attached hydrogen (secondary N) is 1. The summed E-state index contributed by atoms with van der Waals surface area (Å²) in [6.07, 6.45) is 3.59. The SMILES string of the molecule is CCNC(=NCc1ccc(N2CCOCC2)cc1)N1CCN(c2ncccn2)CC1. The molecule has 4 rings (SSSR count). The molecule has 2 saturated heterocycles. The second-order valence-electron chi connectivity index (χ2n) is 7.46. The lowest BCUT2D eigenvalue weighted by atomic mass is 10.2. The van der Waals surface area contributed by atoms with Crippen molar-refractivity contribution in [2.75, 3.05) is 68.8 Å². The summed E-state index contributed by atoms with van der Waals surface area (Å²) >= 11 is 0. The van der Waals surface area contributed by atoms with Crippen LogP contribution in [0.4, 0.5) is 11.6 Å². The molecule has 0 amide bonds. The highest BCUT2D eigenvalue weighted by molar-refractivity contribution is 5.80. The number of aliphatic imine (C=N–C) groups is 1. The number of ether oxygens (including phenoxy) is 1. The third-order valence-electron chi connectivity index (χ3n) is 5.47. The Morgan fingerprint density at radius 1 is 0.967 bits per heavy atom. The molecular weight excluding hydrogens is 378 g/mol. The largest absolute Gasteiger partial charge is 0.378 e. The van der Waals surface area contributed by atoms with Crippen molar-refractivity contribution in [1.29, 1.82) is 0 Å². The highest BCUT2D eigenvalue weighted by atomic mass is 16.5. The summed E-state index contributed by atoms with van der Waals surface area (Å²) < 4.78 is 5.44. The molecule has 30 heavy (non-hydrogen) atoms. The molecular formula is C22H31N7O. The van der Waals surface area contributed by atoms with Gasteiger partial charge >= 0.3 is 0 Å². The van der Waals surface area contributed by atoms with Crippen molar-refractivity contribution in [3.05, 3.63) is 48.3 Å². The van der Waals surface area contributed by atoms with Crippen molar-refractivity contribution in [3.63, 3.8) is 0 Å². The lowest BCUT2D eigenvalue weighted by Crippen LogP contribution is -2.52. The summed E-state index contributed by atoms with van der Waals surface area (Å²) in [6.45, 7) is 10.8. The molecule has 8 heteroatoms. The van der Waals surface area contributed by atoms with Crippen molar-refractivity contribution >= 4 is 17.6 Å². The van der Waals surface area contributed by atoms with E-state index >= 15 is 0 Å². The van der Waals surface area contributed by atoms with Crippen LogP contribution in [0, 0.1) is 0 Å². The van der Waals surface area contributed by atoms with Crippen molar-refractivity contribution in [3.8, 4) is 0 Å². The first kappa shape index (κ1) is 20.4. The first-order valence-corrected chi connectivity index (χ1v) is 10.8. The van der Waals surface area contributed by atoms with Crippen molar-refractivity contribution in [1.82, 2.24) is 20.2 Å². The van der Waals surface area contributed by atoms with Gasteiger partial charge in [-0.05, 0) is 30.7 Å². The minimum absolute atomic E-state index is 0.674. The summed E-state index contributed by atoms with van der Waals surface area (Å²) in [5.74, 6) is 1.78. The Balaban J connectivity index is 1.34. The zero-order chi connectivity index (χ0) is 20.6. The lowest BCUT2D eigenvalue weighted by Gasteiger charge is -2.36. The Labute approximate surface area is 178 Å². The van der Waals surface area contributed by atoms with E-state index in [1.807, 2.05) is 6.07 Å². The van der Waals surface area contributed by atoms with Crippen LogP contribution in [-0.2, 0) is 11.3 Å². The van der Waals surface area contributed by atoms with Gasteiger partial charge in [0.15, 0.2) is 5.96 Å². The van der Waals surface area contributed by atoms with E-state index < -0.39 is 0 Å². The van der Waals surface area contributed by atoms with Gasteiger partial charge in [-0.1, -0.05) is 12.1 Å². The first-order valence-electron chi connectivity index (χ1n) is 10.8. The summed E-state index contributed by atoms with van der Waals surface area (Å²) in [7, 11) is 0. The van der Waals surface area contributed by atoms with E-state index in [-0.39, 0.29) is 0 Å². The molecule has 0 saturated carbocycles. The van der Waals surface area contributed by atoms with Gasteiger partial charge in [0.25, 0.3) is 0 Å². The minimum atomic E-state index is 0.674. The van der Waals surface area contributed by atoms with E-state index in [0.29, 0.717) is 6.54 Å². The molecule has 0 unspecified atom stereocenters. The van der Waals surface area contributed by atoms with Gasteiger partial charge in [0.2, 0.25) is 5.95 Å². The number of rotatable bonds is 5. The number of hydrogen-bond donors (Lipinski definition) is 1. The van der Waals surface area contributed by atoms with Gasteiger partial charge in [-0.3, -0.25) is 0 Å². The normalized spacial score (nSPS) is 17.9. The Morgan fingerprint density at radius 2 is 1.67 bits per heavy atom. The van der Waals surface area contributed by atoms with Crippen LogP contribution in [0.5, 0.6) is 0 Å². The van der Waals surface area contributed by atoms with Crippen LogP contribution in [-0.4, -0.2) is 79.9 Å². The van der Waals surface area contributed by atoms with E-state index in [4.69, 9.17) is 9.73 Å². The van der Waals surface area contributed by atoms with Crippen LogP contribution in [0.25, 0.3) is 0 Å². The Bertz CT molecular complexity index is 798. The smallest absolute Gasteiger partial charge is 0.225 e. The summed E-state index contributed by atoms with van der Waals surface area (Å²) in [5, 5.41) is 3.44. The number of aromatic nitrogens is 2. The molecule has 2 aliphatic rings. The number of guanidine groups is 1. The molecule has 8 nitrogen and oxygen atoms in total. The van der Waals surface area contributed by atoms with Gasteiger partial charge in [-0.2, -0.15) is 0 Å². The average molecular weight is 410 g/mol. The highest BCUT2D eigenvalue weighted by Crippen LogP contribution is 2.17. The van der Waals surface area contributed by atoms with Gasteiger partial charge < -0.3 is 24.8 Å². The monoisotopic (exact) mass is 409 g/mol. The van der Waals surface area contributed by atoms with E-state index in [1.165, 1.54) is 11.3 Å². The number of hydrogen-bond acceptors (Lipinski definition) is 6. The molecule has 2 fully saturated rings. The maximum Gasteiger partial charge on any atom is 0.225 e. The third-order valence-corrected chi connectivity index (χ3v) is 5.47. The van der Waals surface area contributed by atoms with Crippen LogP contribution in [0.3, 0.4) is 0 Å². The van der Waals surface area contributed by atoms with Gasteiger partial charge in [0.1, 0.15) is 0 Å². The maximum atomic E-state index is 5.44. The quantitative estimate of drug-likeness (QED) is 0.594. The predicted octanol–water partition coefficient (Wildman–Crippen LogP) is 1.60. The average Bonchev–Trinajstić information content (AvgIpc) is 2.83. The molecule has 160 valence electrons. The van der Waals surface area contributed by atoms with Gasteiger partial charge in [0, 0.05) is 63.9 Å². The third kappa shape index (κ3) is 5.18. The molecule has 1 aromatic carbocycles. The van der Waals surface area contributed by atoms with Crippen LogP contribution < -0.4 is 15.1 Å². The molecule has 0 aliphatic carbocycles. The highest BCUT2D eigenvalue weighted by Gasteiger charge is 2.21. The molecule has 3 heterocycles. The molecule has 0 radical (unpaired) electrons. The van der Waals surface area contributed by atoms with Gasteiger partial charge in [-0.15, -0.1) is 0 Å². The Hall–Kier alpha value is -2.87. The minimum Gasteiger partial charge on any atom is -0.378 e. The van der Waals surface area contributed by atoms with Crippen LogP contribution in [0.2, 0.25) is 0 Å². The molecule has 0 spiro atoms. The van der Waals surface area contributed by atoms with E-state index in [1.54, 1.807) is 12.4 Å². The second kappa shape index (κ2) is 10.2. The summed E-state index contributed by atoms with van der Waals surface area (Å²) in [5.41, 5.74) is 2.48. The maximum absolute atomic E-state index is 5.44. The molecule has 0 atom stereocenters. The zero-order valence-electron chi connectivity index (χ0n) is 17.7. The van der Waals surface area contributed by atoms with Crippen LogP contribution in [0.1, 0.15) is 12.5 Å². The fourth-order valence-corrected chi connectivity index (χ4v) is 3.80. The number of anilines is 2. The number of morpholine rings is 1. The molecule has 1 aromatic heterocycles. The topological polar surface area (TPSA) is 69.1 Å². The van der Waals surface area contributed by atoms with Gasteiger partial charge in [-0.25, -0.2) is 15.0 Å². The standard InChI is InChI=1S/C22H31N7O/c1-2-23-21(28-10-12-29(13-11-28)22-24-8-3-9-25-22)26-18-19-4-6-20(7-5-19)27-14-16-30-17-15-27/h3-9H,2,10-18H2,1H3,(H,23,26). The fourth-order valence-electron chi connectivity index (χ4n) is 3.80. The molecule has 2 aliphatic heterocycles. The Kier molecular flexibility index (Phi) is 6.97. The van der Waals surface area contributed by atoms with Gasteiger partial charge in [0.05, 0.1) is 19.8 Å². The second-order valence-corrected chi connectivity index (χ2v) is 7.46. The Morgan fingerprint density at radius 3 is 2.33 bits per heavy atom. The first-order chi connectivity index (χ1) is 14.8. The van der Waals surface area contributed by atoms with E-state index in [9.17, 15) is 0 Å². The fraction of sp³-hybridized carbons (Fsp3) is 0.500. The molecule has 1 N–H and O–H groups in total.